The molecule has 6 heteroatoms. The predicted molar refractivity (Wildman–Crippen MR) is 126 cm³/mol. The van der Waals surface area contributed by atoms with Crippen molar-refractivity contribution in [2.75, 3.05) is 25.5 Å². The number of hydrogen-bond donors (Lipinski definition) is 2. The van der Waals surface area contributed by atoms with E-state index in [2.05, 4.69) is 27.7 Å². The van der Waals surface area contributed by atoms with Crippen LogP contribution in [0.2, 0.25) is 5.02 Å². The first-order valence-corrected chi connectivity index (χ1v) is 11.7. The number of nitrogens with one attached hydrogen (secondary N) is 2. The van der Waals surface area contributed by atoms with Gasteiger partial charge in [0.25, 0.3) is 0 Å². The largest absolute Gasteiger partial charge is 0.495 e. The number of halogens is 1. The number of rotatable bonds is 6. The Kier molecular flexibility index (Phi) is 7.36. The van der Waals surface area contributed by atoms with E-state index in [0.29, 0.717) is 17.5 Å². The SMILES string of the molecule is COc1ccccc1NC(=O)N[C@@H]1CCC[C@H]1N1CCC(Cc2ccc(Cl)cc2)CC1. The van der Waals surface area contributed by atoms with E-state index in [1.165, 1.54) is 18.4 Å². The minimum absolute atomic E-state index is 0.154. The molecule has 31 heavy (non-hydrogen) atoms. The van der Waals surface area contributed by atoms with Crippen LogP contribution < -0.4 is 15.4 Å². The Hall–Kier alpha value is -2.24. The second-order valence-corrected chi connectivity index (χ2v) is 9.15. The number of methoxy groups -OCH3 is 1. The van der Waals surface area contributed by atoms with Gasteiger partial charge in [-0.2, -0.15) is 0 Å². The molecular formula is C25H32ClN3O2. The third-order valence-electron chi connectivity index (χ3n) is 6.71. The molecular weight excluding hydrogens is 410 g/mol. The molecule has 2 fully saturated rings. The first-order valence-electron chi connectivity index (χ1n) is 11.3. The van der Waals surface area contributed by atoms with Crippen LogP contribution >= 0.6 is 11.6 Å². The Morgan fingerprint density at radius 1 is 1.06 bits per heavy atom. The number of anilines is 1. The fourth-order valence-electron chi connectivity index (χ4n) is 5.06. The summed E-state index contributed by atoms with van der Waals surface area (Å²) in [5.41, 5.74) is 2.07. The van der Waals surface area contributed by atoms with Gasteiger partial charge >= 0.3 is 6.03 Å². The second-order valence-electron chi connectivity index (χ2n) is 8.71. The fraction of sp³-hybridized carbons (Fsp3) is 0.480. The Morgan fingerprint density at radius 3 is 2.55 bits per heavy atom. The van der Waals surface area contributed by atoms with Gasteiger partial charge in [-0.3, -0.25) is 4.90 Å². The number of carbonyl (C=O) groups is 1. The van der Waals surface area contributed by atoms with Crippen molar-refractivity contribution in [3.8, 4) is 5.75 Å². The van der Waals surface area contributed by atoms with Gasteiger partial charge in [-0.05, 0) is 87.4 Å². The number of ether oxygens (including phenoxy) is 1. The van der Waals surface area contributed by atoms with Gasteiger partial charge in [0, 0.05) is 17.1 Å². The van der Waals surface area contributed by atoms with Crippen LogP contribution in [0.15, 0.2) is 48.5 Å². The molecule has 0 bridgehead atoms. The monoisotopic (exact) mass is 441 g/mol. The first kappa shape index (κ1) is 22.0. The van der Waals surface area contributed by atoms with Gasteiger partial charge in [0.05, 0.1) is 12.8 Å². The Morgan fingerprint density at radius 2 is 1.81 bits per heavy atom. The lowest BCUT2D eigenvalue weighted by molar-refractivity contribution is 0.119. The molecule has 2 amide bonds. The van der Waals surface area contributed by atoms with Gasteiger partial charge in [0.2, 0.25) is 0 Å². The number of likely N-dealkylation sites (tertiary alicyclic amines) is 1. The van der Waals surface area contributed by atoms with E-state index in [9.17, 15) is 4.79 Å². The molecule has 0 unspecified atom stereocenters. The van der Waals surface area contributed by atoms with Crippen molar-refractivity contribution >= 4 is 23.3 Å². The van der Waals surface area contributed by atoms with Crippen LogP contribution in [-0.2, 0) is 6.42 Å². The zero-order chi connectivity index (χ0) is 21.6. The van der Waals surface area contributed by atoms with E-state index < -0.39 is 0 Å². The van der Waals surface area contributed by atoms with Gasteiger partial charge in [-0.25, -0.2) is 4.79 Å². The van der Waals surface area contributed by atoms with E-state index in [0.717, 1.165) is 49.7 Å². The standard InChI is InChI=1S/C25H32ClN3O2/c1-31-24-8-3-2-5-22(24)28-25(30)27-21-6-4-7-23(21)29-15-13-19(14-16-29)17-18-9-11-20(26)12-10-18/h2-3,5,8-12,19,21,23H,4,6-7,13-17H2,1H3,(H2,27,28,30)/t21-,23-/m1/s1. The quantitative estimate of drug-likeness (QED) is 0.635. The molecule has 0 radical (unpaired) electrons. The van der Waals surface area contributed by atoms with Crippen LogP contribution in [0.3, 0.4) is 0 Å². The smallest absolute Gasteiger partial charge is 0.319 e. The van der Waals surface area contributed by atoms with Crippen molar-refractivity contribution < 1.29 is 9.53 Å². The molecule has 4 rings (SSSR count). The van der Waals surface area contributed by atoms with Gasteiger partial charge in [0.15, 0.2) is 0 Å². The predicted octanol–water partition coefficient (Wildman–Crippen LogP) is 5.35. The first-order chi connectivity index (χ1) is 15.1. The molecule has 0 aromatic heterocycles. The lowest BCUT2D eigenvalue weighted by Gasteiger charge is -2.38. The molecule has 1 aliphatic carbocycles. The fourth-order valence-corrected chi connectivity index (χ4v) is 5.19. The maximum Gasteiger partial charge on any atom is 0.319 e. The summed E-state index contributed by atoms with van der Waals surface area (Å²) in [5.74, 6) is 1.39. The molecule has 2 aromatic carbocycles. The van der Waals surface area contributed by atoms with E-state index in [-0.39, 0.29) is 12.1 Å². The van der Waals surface area contributed by atoms with Gasteiger partial charge in [-0.15, -0.1) is 0 Å². The lowest BCUT2D eigenvalue weighted by atomic mass is 9.89. The minimum atomic E-state index is -0.154. The number of carbonyl (C=O) groups excluding carboxylic acids is 1. The van der Waals surface area contributed by atoms with Crippen LogP contribution in [0.4, 0.5) is 10.5 Å². The third kappa shape index (κ3) is 5.72. The van der Waals surface area contributed by atoms with Gasteiger partial charge < -0.3 is 15.4 Å². The number of amides is 2. The highest BCUT2D eigenvalue weighted by atomic mass is 35.5. The average Bonchev–Trinajstić information content (AvgIpc) is 3.24. The summed E-state index contributed by atoms with van der Waals surface area (Å²) in [6.45, 7) is 2.21. The highest BCUT2D eigenvalue weighted by Crippen LogP contribution is 2.30. The van der Waals surface area contributed by atoms with Gasteiger partial charge in [0.1, 0.15) is 5.75 Å². The van der Waals surface area contributed by atoms with Crippen molar-refractivity contribution in [3.63, 3.8) is 0 Å². The summed E-state index contributed by atoms with van der Waals surface area (Å²) in [6.07, 6.45) is 6.89. The van der Waals surface area contributed by atoms with Crippen molar-refractivity contribution in [2.24, 2.45) is 5.92 Å². The number of nitrogens with zero attached hydrogens (tertiary/aromatic N) is 1. The van der Waals surface area contributed by atoms with Crippen LogP contribution in [0.5, 0.6) is 5.75 Å². The molecule has 1 aliphatic heterocycles. The van der Waals surface area contributed by atoms with Crippen LogP contribution in [0.1, 0.15) is 37.7 Å². The number of hydrogen-bond acceptors (Lipinski definition) is 3. The molecule has 166 valence electrons. The Bertz CT molecular complexity index is 865. The van der Waals surface area contributed by atoms with Crippen LogP contribution in [-0.4, -0.2) is 43.2 Å². The molecule has 2 N–H and O–H groups in total. The molecule has 1 saturated carbocycles. The number of piperidine rings is 1. The Balaban J connectivity index is 1.27. The average molecular weight is 442 g/mol. The zero-order valence-electron chi connectivity index (χ0n) is 18.1. The highest BCUT2D eigenvalue weighted by molar-refractivity contribution is 6.30. The summed E-state index contributed by atoms with van der Waals surface area (Å²) in [5, 5.41) is 6.97. The topological polar surface area (TPSA) is 53.6 Å². The van der Waals surface area contributed by atoms with Crippen molar-refractivity contribution in [1.29, 1.82) is 0 Å². The second kappa shape index (κ2) is 10.4. The summed E-state index contributed by atoms with van der Waals surface area (Å²) in [7, 11) is 1.61. The molecule has 1 heterocycles. The summed E-state index contributed by atoms with van der Waals surface area (Å²) in [6, 6.07) is 16.2. The maximum atomic E-state index is 12.6. The number of para-hydroxylation sites is 2. The van der Waals surface area contributed by atoms with E-state index in [4.69, 9.17) is 16.3 Å². The third-order valence-corrected chi connectivity index (χ3v) is 6.96. The molecule has 2 aliphatic rings. The molecule has 5 nitrogen and oxygen atoms in total. The number of benzene rings is 2. The Labute approximate surface area is 190 Å². The summed E-state index contributed by atoms with van der Waals surface area (Å²) in [4.78, 5) is 15.2. The molecule has 2 aromatic rings. The zero-order valence-corrected chi connectivity index (χ0v) is 18.9. The van der Waals surface area contributed by atoms with Crippen molar-refractivity contribution in [2.45, 2.75) is 50.6 Å². The summed E-state index contributed by atoms with van der Waals surface area (Å²) >= 11 is 6.01. The van der Waals surface area contributed by atoms with E-state index >= 15 is 0 Å². The van der Waals surface area contributed by atoms with E-state index in [1.54, 1.807) is 7.11 Å². The minimum Gasteiger partial charge on any atom is -0.495 e. The van der Waals surface area contributed by atoms with Crippen LogP contribution in [0, 0.1) is 5.92 Å². The molecule has 0 spiro atoms. The summed E-state index contributed by atoms with van der Waals surface area (Å²) < 4.78 is 5.33. The van der Waals surface area contributed by atoms with Crippen LogP contribution in [0.25, 0.3) is 0 Å². The number of urea groups is 1. The van der Waals surface area contributed by atoms with E-state index in [1.807, 2.05) is 36.4 Å². The maximum absolute atomic E-state index is 12.6. The lowest BCUT2D eigenvalue weighted by Crippen LogP contribution is -2.52. The highest BCUT2D eigenvalue weighted by Gasteiger charge is 2.35. The molecule has 2 atom stereocenters. The molecule has 1 saturated heterocycles. The van der Waals surface area contributed by atoms with Crippen molar-refractivity contribution in [1.82, 2.24) is 10.2 Å². The van der Waals surface area contributed by atoms with Gasteiger partial charge in [-0.1, -0.05) is 35.9 Å². The van der Waals surface area contributed by atoms with Crippen molar-refractivity contribution in [3.05, 3.63) is 59.1 Å². The normalized spacial score (nSPS) is 22.3.